The summed E-state index contributed by atoms with van der Waals surface area (Å²) in [6.07, 6.45) is 4.43. The van der Waals surface area contributed by atoms with Crippen molar-refractivity contribution < 1.29 is 4.74 Å². The molecule has 1 aliphatic heterocycles. The van der Waals surface area contributed by atoms with Crippen molar-refractivity contribution in [3.05, 3.63) is 59.9 Å². The first-order chi connectivity index (χ1) is 11.9. The summed E-state index contributed by atoms with van der Waals surface area (Å²) >= 11 is 0. The van der Waals surface area contributed by atoms with Crippen molar-refractivity contribution in [3.63, 3.8) is 0 Å². The number of para-hydroxylation sites is 1. The van der Waals surface area contributed by atoms with Crippen molar-refractivity contribution in [2.75, 3.05) is 19.6 Å². The van der Waals surface area contributed by atoms with Crippen molar-refractivity contribution in [2.45, 2.75) is 39.0 Å². The second-order valence-electron chi connectivity index (χ2n) is 6.27. The average Bonchev–Trinajstić information content (AvgIpc) is 3.09. The van der Waals surface area contributed by atoms with Crippen LogP contribution < -0.4 is 10.1 Å². The van der Waals surface area contributed by atoms with Crippen LogP contribution in [-0.2, 0) is 13.2 Å². The fourth-order valence-electron chi connectivity index (χ4n) is 3.34. The molecule has 1 aromatic heterocycles. The molecule has 128 valence electrons. The highest BCUT2D eigenvalue weighted by Crippen LogP contribution is 2.20. The molecule has 1 saturated heterocycles. The van der Waals surface area contributed by atoms with Gasteiger partial charge in [-0.05, 0) is 44.1 Å². The number of nitrogens with one attached hydrogen (secondary N) is 1. The summed E-state index contributed by atoms with van der Waals surface area (Å²) < 4.78 is 5.98. The van der Waals surface area contributed by atoms with Crippen molar-refractivity contribution in [1.82, 2.24) is 15.2 Å². The third-order valence-corrected chi connectivity index (χ3v) is 4.67. The van der Waals surface area contributed by atoms with Crippen LogP contribution in [0.25, 0.3) is 0 Å². The molecule has 4 heteroatoms. The van der Waals surface area contributed by atoms with Gasteiger partial charge in [0.1, 0.15) is 12.4 Å². The monoisotopic (exact) mass is 325 g/mol. The second-order valence-corrected chi connectivity index (χ2v) is 6.27. The van der Waals surface area contributed by atoms with Gasteiger partial charge in [-0.2, -0.15) is 0 Å². The lowest BCUT2D eigenvalue weighted by Crippen LogP contribution is -2.37. The summed E-state index contributed by atoms with van der Waals surface area (Å²) in [5.41, 5.74) is 2.15. The van der Waals surface area contributed by atoms with Crippen LogP contribution in [0.15, 0.2) is 48.7 Å². The van der Waals surface area contributed by atoms with Crippen molar-refractivity contribution in [2.24, 2.45) is 0 Å². The van der Waals surface area contributed by atoms with Gasteiger partial charge in [0.2, 0.25) is 0 Å². The first-order valence-electron chi connectivity index (χ1n) is 8.92. The topological polar surface area (TPSA) is 37.4 Å². The van der Waals surface area contributed by atoms with Gasteiger partial charge in [-0.3, -0.25) is 9.88 Å². The maximum absolute atomic E-state index is 5.98. The molecule has 0 aliphatic carbocycles. The highest BCUT2D eigenvalue weighted by Gasteiger charge is 2.22. The standard InChI is InChI=1S/C20H27N3O/c1-2-23-13-7-10-19(23)15-21-14-17-8-3-4-11-20(17)24-16-18-9-5-6-12-22-18/h3-6,8-9,11-12,19,21H,2,7,10,13-16H2,1H3. The van der Waals surface area contributed by atoms with E-state index in [0.29, 0.717) is 12.6 Å². The van der Waals surface area contributed by atoms with Crippen molar-refractivity contribution in [1.29, 1.82) is 0 Å². The van der Waals surface area contributed by atoms with Gasteiger partial charge in [-0.25, -0.2) is 0 Å². The molecule has 0 amide bonds. The van der Waals surface area contributed by atoms with Crippen LogP contribution in [0.1, 0.15) is 31.0 Å². The van der Waals surface area contributed by atoms with E-state index in [9.17, 15) is 0 Å². The van der Waals surface area contributed by atoms with Crippen LogP contribution in [-0.4, -0.2) is 35.6 Å². The average molecular weight is 325 g/mol. The van der Waals surface area contributed by atoms with Crippen LogP contribution in [0, 0.1) is 0 Å². The summed E-state index contributed by atoms with van der Waals surface area (Å²) in [5.74, 6) is 0.939. The van der Waals surface area contributed by atoms with E-state index in [4.69, 9.17) is 4.74 Å². The first kappa shape index (κ1) is 16.9. The lowest BCUT2D eigenvalue weighted by molar-refractivity contribution is 0.258. The van der Waals surface area contributed by atoms with Crippen LogP contribution in [0.2, 0.25) is 0 Å². The molecule has 2 heterocycles. The Morgan fingerprint density at radius 1 is 1.21 bits per heavy atom. The number of likely N-dealkylation sites (tertiary alicyclic amines) is 1. The predicted octanol–water partition coefficient (Wildman–Crippen LogP) is 3.23. The number of likely N-dealkylation sites (N-methyl/N-ethyl adjacent to an activating group) is 1. The fraction of sp³-hybridized carbons (Fsp3) is 0.450. The quantitative estimate of drug-likeness (QED) is 0.808. The minimum Gasteiger partial charge on any atom is -0.487 e. The number of pyridine rings is 1. The van der Waals surface area contributed by atoms with Crippen LogP contribution in [0.5, 0.6) is 5.75 Å². The predicted molar refractivity (Wildman–Crippen MR) is 97.0 cm³/mol. The van der Waals surface area contributed by atoms with E-state index in [0.717, 1.165) is 31.1 Å². The molecular weight excluding hydrogens is 298 g/mol. The number of rotatable bonds is 8. The molecular formula is C20H27N3O. The zero-order chi connectivity index (χ0) is 16.6. The summed E-state index contributed by atoms with van der Waals surface area (Å²) in [5, 5.41) is 3.61. The molecule has 0 bridgehead atoms. The second kappa shape index (κ2) is 8.81. The summed E-state index contributed by atoms with van der Waals surface area (Å²) in [6.45, 7) is 7.03. The van der Waals surface area contributed by atoms with Gasteiger partial charge in [-0.15, -0.1) is 0 Å². The number of benzene rings is 1. The molecule has 0 spiro atoms. The number of nitrogens with zero attached hydrogens (tertiary/aromatic N) is 2. The highest BCUT2D eigenvalue weighted by atomic mass is 16.5. The van der Waals surface area contributed by atoms with E-state index in [2.05, 4.69) is 34.3 Å². The zero-order valence-corrected chi connectivity index (χ0v) is 14.4. The molecule has 0 radical (unpaired) electrons. The molecule has 3 rings (SSSR count). The first-order valence-corrected chi connectivity index (χ1v) is 8.92. The largest absolute Gasteiger partial charge is 0.487 e. The Morgan fingerprint density at radius 2 is 2.08 bits per heavy atom. The summed E-state index contributed by atoms with van der Waals surface area (Å²) in [6, 6.07) is 14.8. The van der Waals surface area contributed by atoms with E-state index >= 15 is 0 Å². The Labute approximate surface area is 144 Å². The minimum absolute atomic E-state index is 0.504. The number of ether oxygens (including phenoxy) is 1. The Bertz CT molecular complexity index is 617. The van der Waals surface area contributed by atoms with E-state index in [1.807, 2.05) is 30.3 Å². The van der Waals surface area contributed by atoms with Crippen LogP contribution in [0.4, 0.5) is 0 Å². The van der Waals surface area contributed by atoms with E-state index in [1.54, 1.807) is 6.20 Å². The third kappa shape index (κ3) is 4.56. The van der Waals surface area contributed by atoms with E-state index in [1.165, 1.54) is 24.9 Å². The Morgan fingerprint density at radius 3 is 2.92 bits per heavy atom. The van der Waals surface area contributed by atoms with Gasteiger partial charge in [0, 0.05) is 30.9 Å². The van der Waals surface area contributed by atoms with Crippen LogP contribution in [0.3, 0.4) is 0 Å². The molecule has 4 nitrogen and oxygen atoms in total. The molecule has 1 aliphatic rings. The SMILES string of the molecule is CCN1CCCC1CNCc1ccccc1OCc1ccccn1. The van der Waals surface area contributed by atoms with Gasteiger partial charge < -0.3 is 10.1 Å². The molecule has 2 aromatic rings. The van der Waals surface area contributed by atoms with Crippen molar-refractivity contribution in [3.8, 4) is 5.75 Å². The molecule has 1 unspecified atom stereocenters. The lowest BCUT2D eigenvalue weighted by Gasteiger charge is -2.23. The van der Waals surface area contributed by atoms with Gasteiger partial charge in [0.15, 0.2) is 0 Å². The smallest absolute Gasteiger partial charge is 0.130 e. The maximum Gasteiger partial charge on any atom is 0.130 e. The minimum atomic E-state index is 0.504. The van der Waals surface area contributed by atoms with E-state index in [-0.39, 0.29) is 0 Å². The molecule has 0 saturated carbocycles. The van der Waals surface area contributed by atoms with Crippen molar-refractivity contribution >= 4 is 0 Å². The summed E-state index contributed by atoms with van der Waals surface area (Å²) in [7, 11) is 0. The lowest BCUT2D eigenvalue weighted by atomic mass is 10.2. The number of aromatic nitrogens is 1. The summed E-state index contributed by atoms with van der Waals surface area (Å²) in [4.78, 5) is 6.88. The molecule has 1 aromatic carbocycles. The Hall–Kier alpha value is -1.91. The van der Waals surface area contributed by atoms with Gasteiger partial charge >= 0.3 is 0 Å². The Kier molecular flexibility index (Phi) is 6.21. The number of hydrogen-bond donors (Lipinski definition) is 1. The highest BCUT2D eigenvalue weighted by molar-refractivity contribution is 5.33. The van der Waals surface area contributed by atoms with E-state index < -0.39 is 0 Å². The zero-order valence-electron chi connectivity index (χ0n) is 14.4. The van der Waals surface area contributed by atoms with Gasteiger partial charge in [-0.1, -0.05) is 31.2 Å². The third-order valence-electron chi connectivity index (χ3n) is 4.67. The number of hydrogen-bond acceptors (Lipinski definition) is 4. The molecule has 24 heavy (non-hydrogen) atoms. The molecule has 1 fully saturated rings. The van der Waals surface area contributed by atoms with Gasteiger partial charge in [0.25, 0.3) is 0 Å². The molecule has 1 atom stereocenters. The maximum atomic E-state index is 5.98. The Balaban J connectivity index is 1.52. The van der Waals surface area contributed by atoms with Gasteiger partial charge in [0.05, 0.1) is 5.69 Å². The molecule has 1 N–H and O–H groups in total. The fourth-order valence-corrected chi connectivity index (χ4v) is 3.34. The van der Waals surface area contributed by atoms with Crippen LogP contribution >= 0.6 is 0 Å². The normalized spacial score (nSPS) is 18.0.